The molecule has 84 valence electrons. The molecule has 1 unspecified atom stereocenters. The van der Waals surface area contributed by atoms with E-state index in [0.717, 1.165) is 0 Å². The Morgan fingerprint density at radius 1 is 1.20 bits per heavy atom. The summed E-state index contributed by atoms with van der Waals surface area (Å²) in [5.41, 5.74) is 4.23. The molecule has 1 atom stereocenters. The summed E-state index contributed by atoms with van der Waals surface area (Å²) in [6, 6.07) is 6.50. The van der Waals surface area contributed by atoms with Crippen molar-refractivity contribution in [3.63, 3.8) is 0 Å². The summed E-state index contributed by atoms with van der Waals surface area (Å²) in [7, 11) is 0. The summed E-state index contributed by atoms with van der Waals surface area (Å²) in [5, 5.41) is 0. The second-order valence-corrected chi connectivity index (χ2v) is 3.63. The minimum absolute atomic E-state index is 0. The highest BCUT2D eigenvalue weighted by Crippen LogP contribution is 2.45. The number of benzene rings is 1. The van der Waals surface area contributed by atoms with Crippen molar-refractivity contribution in [2.45, 2.75) is 24.6 Å². The van der Waals surface area contributed by atoms with Gasteiger partial charge in [-0.2, -0.15) is 13.2 Å². The Morgan fingerprint density at radius 3 is 2.40 bits per heavy atom. The van der Waals surface area contributed by atoms with Crippen LogP contribution in [0, 0.1) is 0 Å². The Hall–Kier alpha value is -0.740. The second kappa shape index (κ2) is 3.68. The van der Waals surface area contributed by atoms with Crippen LogP contribution in [0.25, 0.3) is 0 Å². The largest absolute Gasteiger partial charge is 0.410 e. The number of hydrogen-bond acceptors (Lipinski definition) is 1. The highest BCUT2D eigenvalue weighted by molar-refractivity contribution is 5.85. The fourth-order valence-corrected chi connectivity index (χ4v) is 1.93. The van der Waals surface area contributed by atoms with Gasteiger partial charge in [0.2, 0.25) is 0 Å². The average molecular weight is 238 g/mol. The lowest BCUT2D eigenvalue weighted by Crippen LogP contribution is -2.48. The average Bonchev–Trinajstić information content (AvgIpc) is 2.45. The summed E-state index contributed by atoms with van der Waals surface area (Å²) >= 11 is 0. The SMILES string of the molecule is Cl.NC1(C(F)(F)F)CCc2ccccc21. The van der Waals surface area contributed by atoms with E-state index in [9.17, 15) is 13.2 Å². The van der Waals surface area contributed by atoms with Gasteiger partial charge < -0.3 is 5.73 Å². The first-order chi connectivity index (χ1) is 6.45. The second-order valence-electron chi connectivity index (χ2n) is 3.63. The molecule has 15 heavy (non-hydrogen) atoms. The van der Waals surface area contributed by atoms with Crippen LogP contribution in [0.5, 0.6) is 0 Å². The molecule has 0 bridgehead atoms. The van der Waals surface area contributed by atoms with Gasteiger partial charge in [-0.05, 0) is 24.0 Å². The minimum Gasteiger partial charge on any atom is -0.314 e. The first kappa shape index (κ1) is 12.3. The van der Waals surface area contributed by atoms with E-state index in [1.54, 1.807) is 18.2 Å². The predicted molar refractivity (Wildman–Crippen MR) is 53.9 cm³/mol. The van der Waals surface area contributed by atoms with Gasteiger partial charge in [0.15, 0.2) is 0 Å². The van der Waals surface area contributed by atoms with Crippen LogP contribution in [0.3, 0.4) is 0 Å². The Labute approximate surface area is 91.9 Å². The van der Waals surface area contributed by atoms with E-state index >= 15 is 0 Å². The maximum atomic E-state index is 12.7. The molecule has 0 heterocycles. The van der Waals surface area contributed by atoms with Crippen LogP contribution in [-0.4, -0.2) is 6.18 Å². The Bertz CT molecular complexity index is 364. The maximum absolute atomic E-state index is 12.7. The molecule has 0 aliphatic heterocycles. The van der Waals surface area contributed by atoms with Crippen LogP contribution in [-0.2, 0) is 12.0 Å². The van der Waals surface area contributed by atoms with Crippen molar-refractivity contribution in [1.29, 1.82) is 0 Å². The molecule has 0 spiro atoms. The van der Waals surface area contributed by atoms with E-state index in [4.69, 9.17) is 5.73 Å². The van der Waals surface area contributed by atoms with E-state index in [-0.39, 0.29) is 24.4 Å². The monoisotopic (exact) mass is 237 g/mol. The third-order valence-corrected chi connectivity index (χ3v) is 2.79. The number of fused-ring (bicyclic) bond motifs is 1. The molecule has 0 fully saturated rings. The van der Waals surface area contributed by atoms with Gasteiger partial charge in [0.05, 0.1) is 0 Å². The normalized spacial score (nSPS) is 24.5. The zero-order chi connectivity index (χ0) is 10.4. The topological polar surface area (TPSA) is 26.0 Å². The first-order valence-electron chi connectivity index (χ1n) is 4.39. The number of nitrogens with two attached hydrogens (primary N) is 1. The van der Waals surface area contributed by atoms with E-state index in [1.165, 1.54) is 6.07 Å². The lowest BCUT2D eigenvalue weighted by Gasteiger charge is -2.28. The summed E-state index contributed by atoms with van der Waals surface area (Å²) in [4.78, 5) is 0. The zero-order valence-corrected chi connectivity index (χ0v) is 8.66. The van der Waals surface area contributed by atoms with Gasteiger partial charge >= 0.3 is 6.18 Å². The van der Waals surface area contributed by atoms with Crippen LogP contribution in [0.4, 0.5) is 13.2 Å². The van der Waals surface area contributed by atoms with Gasteiger partial charge in [0.1, 0.15) is 5.54 Å². The molecule has 0 amide bonds. The molecule has 1 aliphatic rings. The summed E-state index contributed by atoms with van der Waals surface area (Å²) in [5.74, 6) is 0. The minimum atomic E-state index is -4.36. The number of rotatable bonds is 0. The lowest BCUT2D eigenvalue weighted by atomic mass is 9.92. The van der Waals surface area contributed by atoms with Crippen LogP contribution >= 0.6 is 12.4 Å². The van der Waals surface area contributed by atoms with Crippen molar-refractivity contribution in [3.05, 3.63) is 35.4 Å². The van der Waals surface area contributed by atoms with E-state index in [0.29, 0.717) is 12.0 Å². The van der Waals surface area contributed by atoms with Crippen molar-refractivity contribution in [3.8, 4) is 0 Å². The molecule has 1 aliphatic carbocycles. The smallest absolute Gasteiger partial charge is 0.314 e. The van der Waals surface area contributed by atoms with Crippen molar-refractivity contribution in [2.75, 3.05) is 0 Å². The van der Waals surface area contributed by atoms with Gasteiger partial charge in [-0.1, -0.05) is 24.3 Å². The standard InChI is InChI=1S/C10H10F3N.ClH/c11-10(12,13)9(14)6-5-7-3-1-2-4-8(7)9;/h1-4H,5-6,14H2;1H. The lowest BCUT2D eigenvalue weighted by molar-refractivity contribution is -0.188. The van der Waals surface area contributed by atoms with Crippen LogP contribution in [0.1, 0.15) is 17.5 Å². The predicted octanol–water partition coefficient (Wildman–Crippen LogP) is 2.77. The molecule has 0 radical (unpaired) electrons. The molecule has 2 rings (SSSR count). The quantitative estimate of drug-likeness (QED) is 0.738. The molecule has 5 heteroatoms. The van der Waals surface area contributed by atoms with Gasteiger partial charge in [-0.3, -0.25) is 0 Å². The Balaban J connectivity index is 0.00000112. The zero-order valence-electron chi connectivity index (χ0n) is 7.84. The molecule has 0 aromatic heterocycles. The van der Waals surface area contributed by atoms with Crippen LogP contribution in [0.15, 0.2) is 24.3 Å². The molecule has 1 nitrogen and oxygen atoms in total. The number of aryl methyl sites for hydroxylation is 1. The summed E-state index contributed by atoms with van der Waals surface area (Å²) < 4.78 is 38.1. The summed E-state index contributed by atoms with van der Waals surface area (Å²) in [6.45, 7) is 0. The van der Waals surface area contributed by atoms with Crippen molar-refractivity contribution < 1.29 is 13.2 Å². The number of alkyl halides is 3. The molecule has 0 saturated carbocycles. The molecule has 1 aromatic rings. The number of halogens is 4. The van der Waals surface area contributed by atoms with Gasteiger partial charge in [0, 0.05) is 0 Å². The highest BCUT2D eigenvalue weighted by atomic mass is 35.5. The highest BCUT2D eigenvalue weighted by Gasteiger charge is 2.55. The van der Waals surface area contributed by atoms with Gasteiger partial charge in [-0.25, -0.2) is 0 Å². The van der Waals surface area contributed by atoms with Crippen molar-refractivity contribution >= 4 is 12.4 Å². The van der Waals surface area contributed by atoms with Gasteiger partial charge in [-0.15, -0.1) is 12.4 Å². The Morgan fingerprint density at radius 2 is 1.80 bits per heavy atom. The third-order valence-electron chi connectivity index (χ3n) is 2.79. The maximum Gasteiger partial charge on any atom is 0.410 e. The molecule has 0 saturated heterocycles. The number of hydrogen-bond donors (Lipinski definition) is 1. The van der Waals surface area contributed by atoms with Gasteiger partial charge in [0.25, 0.3) is 0 Å². The molecular formula is C10H11ClF3N. The molecular weight excluding hydrogens is 227 g/mol. The van der Waals surface area contributed by atoms with Crippen molar-refractivity contribution in [1.82, 2.24) is 0 Å². The first-order valence-corrected chi connectivity index (χ1v) is 4.39. The van der Waals surface area contributed by atoms with Crippen LogP contribution < -0.4 is 5.73 Å². The third kappa shape index (κ3) is 1.72. The van der Waals surface area contributed by atoms with E-state index in [2.05, 4.69) is 0 Å². The van der Waals surface area contributed by atoms with E-state index in [1.807, 2.05) is 0 Å². The Kier molecular flexibility index (Phi) is 3.03. The fourth-order valence-electron chi connectivity index (χ4n) is 1.93. The summed E-state index contributed by atoms with van der Waals surface area (Å²) in [6.07, 6.45) is -4.00. The fraction of sp³-hybridized carbons (Fsp3) is 0.400. The van der Waals surface area contributed by atoms with Crippen molar-refractivity contribution in [2.24, 2.45) is 5.73 Å². The van der Waals surface area contributed by atoms with Crippen LogP contribution in [0.2, 0.25) is 0 Å². The molecule has 2 N–H and O–H groups in total. The van der Waals surface area contributed by atoms with E-state index < -0.39 is 11.7 Å². The molecule has 1 aromatic carbocycles.